The van der Waals surface area contributed by atoms with Crippen LogP contribution in [0.15, 0.2) is 24.3 Å². The van der Waals surface area contributed by atoms with Gasteiger partial charge in [0.25, 0.3) is 0 Å². The lowest BCUT2D eigenvalue weighted by atomic mass is 10.1. The third-order valence-corrected chi connectivity index (χ3v) is 7.51. The predicted molar refractivity (Wildman–Crippen MR) is 161 cm³/mol. The van der Waals surface area contributed by atoms with Crippen molar-refractivity contribution in [3.05, 3.63) is 24.3 Å². The van der Waals surface area contributed by atoms with Crippen LogP contribution in [-0.2, 0) is 18.4 Å². The number of amides is 1. The topological polar surface area (TPSA) is 131 Å². The molecule has 0 aromatic heterocycles. The molecule has 0 aromatic rings. The summed E-state index contributed by atoms with van der Waals surface area (Å²) >= 11 is 0. The number of phosphoric acid groups is 1. The van der Waals surface area contributed by atoms with E-state index in [1.807, 2.05) is 6.08 Å². The smallest absolute Gasteiger partial charge is 0.387 e. The zero-order valence-electron chi connectivity index (χ0n) is 24.9. The predicted octanol–water partition coefficient (Wildman–Crippen LogP) is 7.10. The van der Waals surface area contributed by atoms with Crippen LogP contribution in [0.5, 0.6) is 0 Å². The summed E-state index contributed by atoms with van der Waals surface area (Å²) in [7, 11) is -4.32. The Kier molecular flexibility index (Phi) is 26.5. The van der Waals surface area contributed by atoms with E-state index in [9.17, 15) is 19.4 Å². The van der Waals surface area contributed by atoms with Crippen LogP contribution >= 0.6 is 7.82 Å². The molecule has 0 saturated carbocycles. The number of aliphatic hydroxyl groups excluding tert-OH is 1. The zero-order chi connectivity index (χ0) is 29.0. The van der Waals surface area contributed by atoms with Crippen molar-refractivity contribution in [1.29, 1.82) is 0 Å². The molecule has 0 aromatic carbocycles. The number of carbonyl (C=O) groups is 1. The second kappa shape index (κ2) is 27.2. The minimum Gasteiger partial charge on any atom is -0.387 e. The first kappa shape index (κ1) is 38.0. The SMILES string of the molecule is CCCCCCC/C=C/CC/C=C/C(O)C(COP(=O)(O)OCCN)NC(=O)CCCCCCCCCCC. The molecule has 0 radical (unpaired) electrons. The number of allylic oxidation sites excluding steroid dienone is 3. The van der Waals surface area contributed by atoms with Gasteiger partial charge in [-0.2, -0.15) is 0 Å². The zero-order valence-corrected chi connectivity index (χ0v) is 25.8. The fourth-order valence-corrected chi connectivity index (χ4v) is 4.90. The van der Waals surface area contributed by atoms with Crippen LogP contribution in [0.25, 0.3) is 0 Å². The van der Waals surface area contributed by atoms with E-state index < -0.39 is 20.0 Å². The van der Waals surface area contributed by atoms with E-state index in [-0.39, 0.29) is 25.7 Å². The average Bonchev–Trinajstić information content (AvgIpc) is 2.91. The molecule has 0 aliphatic rings. The van der Waals surface area contributed by atoms with Crippen LogP contribution in [0.3, 0.4) is 0 Å². The molecule has 3 atom stereocenters. The molecule has 0 spiro atoms. The molecule has 39 heavy (non-hydrogen) atoms. The van der Waals surface area contributed by atoms with E-state index >= 15 is 0 Å². The lowest BCUT2D eigenvalue weighted by Crippen LogP contribution is -2.45. The molecule has 0 rings (SSSR count). The van der Waals surface area contributed by atoms with Gasteiger partial charge in [0.05, 0.1) is 25.4 Å². The van der Waals surface area contributed by atoms with Crippen molar-refractivity contribution in [3.8, 4) is 0 Å². The third kappa shape index (κ3) is 25.7. The maximum Gasteiger partial charge on any atom is 0.472 e. The Labute approximate surface area is 238 Å². The van der Waals surface area contributed by atoms with Crippen molar-refractivity contribution in [2.24, 2.45) is 5.73 Å². The highest BCUT2D eigenvalue weighted by Gasteiger charge is 2.26. The summed E-state index contributed by atoms with van der Waals surface area (Å²) in [4.78, 5) is 22.3. The van der Waals surface area contributed by atoms with Crippen LogP contribution in [-0.4, -0.2) is 47.8 Å². The van der Waals surface area contributed by atoms with Gasteiger partial charge in [-0.1, -0.05) is 115 Å². The molecule has 0 fully saturated rings. The molecule has 9 heteroatoms. The van der Waals surface area contributed by atoms with Gasteiger partial charge >= 0.3 is 7.82 Å². The molecular formula is C30H59N2O6P. The second-order valence-electron chi connectivity index (χ2n) is 10.3. The first-order valence-electron chi connectivity index (χ1n) is 15.5. The highest BCUT2D eigenvalue weighted by Crippen LogP contribution is 2.43. The summed E-state index contributed by atoms with van der Waals surface area (Å²) in [5, 5.41) is 13.4. The first-order chi connectivity index (χ1) is 18.9. The number of hydrogen-bond donors (Lipinski definition) is 4. The molecular weight excluding hydrogens is 515 g/mol. The molecule has 0 aliphatic carbocycles. The summed E-state index contributed by atoms with van der Waals surface area (Å²) < 4.78 is 21.8. The minimum absolute atomic E-state index is 0.0749. The number of rotatable bonds is 28. The van der Waals surface area contributed by atoms with Gasteiger partial charge in [0.1, 0.15) is 0 Å². The van der Waals surface area contributed by atoms with Gasteiger partial charge in [0, 0.05) is 13.0 Å². The van der Waals surface area contributed by atoms with Crippen LogP contribution in [0.4, 0.5) is 0 Å². The van der Waals surface area contributed by atoms with Crippen molar-refractivity contribution in [2.45, 2.75) is 142 Å². The van der Waals surface area contributed by atoms with Crippen molar-refractivity contribution in [3.63, 3.8) is 0 Å². The largest absolute Gasteiger partial charge is 0.472 e. The molecule has 0 saturated heterocycles. The summed E-state index contributed by atoms with van der Waals surface area (Å²) in [6, 6.07) is -0.868. The van der Waals surface area contributed by atoms with E-state index in [1.165, 1.54) is 70.6 Å². The maximum absolute atomic E-state index is 12.5. The molecule has 0 bridgehead atoms. The van der Waals surface area contributed by atoms with Gasteiger partial charge < -0.3 is 21.1 Å². The number of unbranched alkanes of at least 4 members (excludes halogenated alkanes) is 14. The van der Waals surface area contributed by atoms with Gasteiger partial charge in [-0.15, -0.1) is 0 Å². The van der Waals surface area contributed by atoms with Crippen molar-refractivity contribution >= 4 is 13.7 Å². The maximum atomic E-state index is 12.5. The van der Waals surface area contributed by atoms with Crippen LogP contribution in [0, 0.1) is 0 Å². The monoisotopic (exact) mass is 574 g/mol. The van der Waals surface area contributed by atoms with E-state index in [2.05, 4.69) is 31.3 Å². The van der Waals surface area contributed by atoms with Crippen molar-refractivity contribution in [1.82, 2.24) is 5.32 Å². The molecule has 230 valence electrons. The quantitative estimate of drug-likeness (QED) is 0.0445. The summed E-state index contributed by atoms with van der Waals surface area (Å²) in [6.45, 7) is 4.02. The molecule has 1 amide bonds. The molecule has 8 nitrogen and oxygen atoms in total. The summed E-state index contributed by atoms with van der Waals surface area (Å²) in [5.41, 5.74) is 5.32. The highest BCUT2D eigenvalue weighted by atomic mass is 31.2. The van der Waals surface area contributed by atoms with Gasteiger partial charge in [-0.05, 0) is 32.1 Å². The Morgan fingerprint density at radius 2 is 1.36 bits per heavy atom. The average molecular weight is 575 g/mol. The number of phosphoric ester groups is 1. The number of aliphatic hydroxyl groups is 1. The fraction of sp³-hybridized carbons (Fsp3) is 0.833. The van der Waals surface area contributed by atoms with E-state index in [0.717, 1.165) is 38.5 Å². The highest BCUT2D eigenvalue weighted by molar-refractivity contribution is 7.47. The van der Waals surface area contributed by atoms with E-state index in [4.69, 9.17) is 14.8 Å². The number of nitrogens with one attached hydrogen (secondary N) is 1. The summed E-state index contributed by atoms with van der Waals surface area (Å²) in [6.07, 6.45) is 26.6. The minimum atomic E-state index is -4.32. The molecule has 0 aliphatic heterocycles. The van der Waals surface area contributed by atoms with Crippen molar-refractivity contribution < 1.29 is 28.4 Å². The van der Waals surface area contributed by atoms with Gasteiger partial charge in [0.2, 0.25) is 5.91 Å². The Hall–Kier alpha value is -1.02. The van der Waals surface area contributed by atoms with Crippen molar-refractivity contribution in [2.75, 3.05) is 19.8 Å². The number of nitrogens with two attached hydrogens (primary N) is 1. The molecule has 0 heterocycles. The fourth-order valence-electron chi connectivity index (χ4n) is 4.14. The Morgan fingerprint density at radius 1 is 0.821 bits per heavy atom. The number of carbonyl (C=O) groups excluding carboxylic acids is 1. The Balaban J connectivity index is 4.53. The Morgan fingerprint density at radius 3 is 1.97 bits per heavy atom. The lowest BCUT2D eigenvalue weighted by molar-refractivity contribution is -0.123. The normalized spacial score (nSPS) is 15.1. The van der Waals surface area contributed by atoms with Crippen LogP contribution in [0.2, 0.25) is 0 Å². The molecule has 5 N–H and O–H groups in total. The molecule has 3 unspecified atom stereocenters. The van der Waals surface area contributed by atoms with Crippen LogP contribution in [0.1, 0.15) is 129 Å². The third-order valence-electron chi connectivity index (χ3n) is 6.53. The summed E-state index contributed by atoms with van der Waals surface area (Å²) in [5.74, 6) is -0.212. The lowest BCUT2D eigenvalue weighted by Gasteiger charge is -2.23. The van der Waals surface area contributed by atoms with Gasteiger partial charge in [-0.25, -0.2) is 4.57 Å². The first-order valence-corrected chi connectivity index (χ1v) is 17.0. The van der Waals surface area contributed by atoms with Crippen LogP contribution < -0.4 is 11.1 Å². The standard InChI is InChI=1S/C30H59N2O6P/c1-3-5-7-9-11-13-14-16-17-19-21-23-29(33)28(27-38-39(35,36)37-26-25-31)32-30(34)24-22-20-18-15-12-10-8-6-4-2/h14,16,21,23,28-29,33H,3-13,15,17-20,22,24-27,31H2,1-2H3,(H,32,34)(H,35,36)/b16-14+,23-21+. The Bertz CT molecular complexity index is 674. The number of hydrogen-bond acceptors (Lipinski definition) is 6. The van der Waals surface area contributed by atoms with E-state index in [1.54, 1.807) is 6.08 Å². The van der Waals surface area contributed by atoms with E-state index in [0.29, 0.717) is 6.42 Å². The van der Waals surface area contributed by atoms with Gasteiger partial charge in [0.15, 0.2) is 0 Å². The van der Waals surface area contributed by atoms with Gasteiger partial charge in [-0.3, -0.25) is 13.8 Å². The second-order valence-corrected chi connectivity index (χ2v) is 11.8.